The summed E-state index contributed by atoms with van der Waals surface area (Å²) in [5, 5.41) is 11.4. The van der Waals surface area contributed by atoms with Gasteiger partial charge in [0.15, 0.2) is 11.4 Å². The zero-order chi connectivity index (χ0) is 30.2. The summed E-state index contributed by atoms with van der Waals surface area (Å²) in [7, 11) is 1.93. The van der Waals surface area contributed by atoms with Gasteiger partial charge in [-0.15, -0.1) is 10.2 Å². The molecule has 222 valence electrons. The van der Waals surface area contributed by atoms with Crippen molar-refractivity contribution in [2.24, 2.45) is 7.05 Å². The number of rotatable bonds is 7. The third kappa shape index (κ3) is 5.19. The van der Waals surface area contributed by atoms with Gasteiger partial charge in [-0.1, -0.05) is 35.1 Å². The average molecular weight is 597 g/mol. The lowest BCUT2D eigenvalue weighted by molar-refractivity contribution is 0.0385. The van der Waals surface area contributed by atoms with Crippen molar-refractivity contribution >= 4 is 17.0 Å². The Kier molecular flexibility index (Phi) is 7.10. The Morgan fingerprint density at radius 3 is 2.48 bits per heavy atom. The van der Waals surface area contributed by atoms with E-state index in [1.165, 1.54) is 0 Å². The number of piperazine rings is 1. The molecule has 0 radical (unpaired) electrons. The van der Waals surface area contributed by atoms with Crippen molar-refractivity contribution in [1.82, 2.24) is 49.5 Å². The number of halogens is 2. The molecule has 5 heterocycles. The number of fused-ring (bicyclic) bond motifs is 1. The smallest absolute Gasteiger partial charge is 0.350 e. The Morgan fingerprint density at radius 2 is 1.75 bits per heavy atom. The fraction of sp³-hybridized carbons (Fsp3) is 0.233. The highest BCUT2D eigenvalue weighted by atomic mass is 19.3. The standard InChI is InChI=1S/C30H26F2N10O2/c1-39-12-11-34-27(39)20-7-8-24-22(17-20)35-28(44-24)21-9-10-33-23(18-21)29(43)41-15-13-40(14-16-41)25(19-5-3-2-4-6-19)26-36-38-42(37-26)30(31)32/h2-12,17-18,25,30H,13-16H2,1H3/t25-/m0/s1. The number of alkyl halides is 2. The van der Waals surface area contributed by atoms with Crippen LogP contribution in [0, 0.1) is 0 Å². The Bertz CT molecular complexity index is 1930. The fourth-order valence-electron chi connectivity index (χ4n) is 5.45. The van der Waals surface area contributed by atoms with Gasteiger partial charge in [-0.2, -0.15) is 8.78 Å². The van der Waals surface area contributed by atoms with E-state index in [4.69, 9.17) is 4.42 Å². The maximum atomic E-state index is 13.5. The molecule has 1 fully saturated rings. The van der Waals surface area contributed by atoms with Crippen molar-refractivity contribution in [3.63, 3.8) is 0 Å². The second-order valence-corrected chi connectivity index (χ2v) is 10.4. The predicted octanol–water partition coefficient (Wildman–Crippen LogP) is 4.22. The number of imidazole rings is 1. The van der Waals surface area contributed by atoms with E-state index in [9.17, 15) is 13.6 Å². The molecule has 0 spiro atoms. The number of hydrogen-bond acceptors (Lipinski definition) is 9. The first kappa shape index (κ1) is 27.5. The normalized spacial score (nSPS) is 14.9. The van der Waals surface area contributed by atoms with Crippen molar-refractivity contribution in [2.45, 2.75) is 12.6 Å². The van der Waals surface area contributed by atoms with Gasteiger partial charge >= 0.3 is 6.55 Å². The summed E-state index contributed by atoms with van der Waals surface area (Å²) in [5.74, 6) is 1.15. The molecule has 0 aliphatic carbocycles. The van der Waals surface area contributed by atoms with Crippen LogP contribution in [-0.4, -0.2) is 81.6 Å². The van der Waals surface area contributed by atoms with Gasteiger partial charge in [-0.05, 0) is 41.1 Å². The van der Waals surface area contributed by atoms with E-state index < -0.39 is 12.6 Å². The quantitative estimate of drug-likeness (QED) is 0.266. The van der Waals surface area contributed by atoms with Crippen LogP contribution in [0.4, 0.5) is 8.78 Å². The molecule has 12 nitrogen and oxygen atoms in total. The molecule has 0 bridgehead atoms. The lowest BCUT2D eigenvalue weighted by Gasteiger charge is -2.38. The number of benzene rings is 2. The molecule has 1 atom stereocenters. The van der Waals surface area contributed by atoms with Crippen molar-refractivity contribution in [1.29, 1.82) is 0 Å². The van der Waals surface area contributed by atoms with Crippen LogP contribution in [0.15, 0.2) is 83.7 Å². The van der Waals surface area contributed by atoms with Gasteiger partial charge in [-0.25, -0.2) is 9.97 Å². The summed E-state index contributed by atoms with van der Waals surface area (Å²) in [6.45, 7) is -1.15. The molecular weight excluding hydrogens is 570 g/mol. The number of aryl methyl sites for hydroxylation is 1. The largest absolute Gasteiger partial charge is 0.436 e. The molecule has 1 saturated heterocycles. The predicted molar refractivity (Wildman–Crippen MR) is 154 cm³/mol. The Morgan fingerprint density at radius 1 is 0.932 bits per heavy atom. The summed E-state index contributed by atoms with van der Waals surface area (Å²) < 4.78 is 34.3. The zero-order valence-electron chi connectivity index (χ0n) is 23.5. The number of amides is 1. The molecule has 0 saturated carbocycles. The van der Waals surface area contributed by atoms with Gasteiger partial charge in [0.05, 0.1) is 6.04 Å². The molecule has 1 amide bonds. The molecule has 7 rings (SSSR count). The molecule has 1 aliphatic rings. The molecule has 1 aliphatic heterocycles. The molecule has 0 N–H and O–H groups in total. The number of tetrazole rings is 1. The highest BCUT2D eigenvalue weighted by molar-refractivity contribution is 5.93. The fourth-order valence-corrected chi connectivity index (χ4v) is 5.45. The van der Waals surface area contributed by atoms with Crippen LogP contribution in [0.3, 0.4) is 0 Å². The minimum Gasteiger partial charge on any atom is -0.436 e. The maximum Gasteiger partial charge on any atom is 0.350 e. The number of hydrogen-bond donors (Lipinski definition) is 0. The summed E-state index contributed by atoms with van der Waals surface area (Å²) in [4.78, 5) is 31.0. The third-order valence-electron chi connectivity index (χ3n) is 7.64. The van der Waals surface area contributed by atoms with Crippen LogP contribution in [0.25, 0.3) is 33.9 Å². The average Bonchev–Trinajstić information content (AvgIpc) is 3.82. The molecule has 6 aromatic rings. The van der Waals surface area contributed by atoms with Gasteiger partial charge in [0.1, 0.15) is 17.0 Å². The van der Waals surface area contributed by atoms with Crippen molar-refractivity contribution in [3.05, 3.63) is 96.3 Å². The van der Waals surface area contributed by atoms with Gasteiger partial charge in [-0.3, -0.25) is 14.7 Å². The molecule has 14 heteroatoms. The number of carbonyl (C=O) groups is 1. The van der Waals surface area contributed by atoms with Gasteiger partial charge < -0.3 is 13.9 Å². The van der Waals surface area contributed by atoms with Crippen LogP contribution < -0.4 is 0 Å². The molecule has 0 unspecified atom stereocenters. The Balaban J connectivity index is 1.08. The van der Waals surface area contributed by atoms with Crippen molar-refractivity contribution < 1.29 is 18.0 Å². The first-order chi connectivity index (χ1) is 21.4. The number of pyridine rings is 1. The number of aromatic nitrogens is 8. The minimum atomic E-state index is -2.89. The lowest BCUT2D eigenvalue weighted by atomic mass is 10.0. The highest BCUT2D eigenvalue weighted by Crippen LogP contribution is 2.30. The second-order valence-electron chi connectivity index (χ2n) is 10.4. The summed E-state index contributed by atoms with van der Waals surface area (Å²) in [5.41, 5.74) is 3.97. The first-order valence-electron chi connectivity index (χ1n) is 13.9. The van der Waals surface area contributed by atoms with E-state index in [-0.39, 0.29) is 17.4 Å². The van der Waals surface area contributed by atoms with Crippen molar-refractivity contribution in [2.75, 3.05) is 26.2 Å². The van der Waals surface area contributed by atoms with E-state index in [0.717, 1.165) is 17.0 Å². The molecule has 4 aromatic heterocycles. The van der Waals surface area contributed by atoms with E-state index in [2.05, 4.69) is 35.3 Å². The topological polar surface area (TPSA) is 124 Å². The van der Waals surface area contributed by atoms with Crippen LogP contribution in [-0.2, 0) is 7.05 Å². The number of carbonyl (C=O) groups excluding carboxylic acids is 1. The van der Waals surface area contributed by atoms with Crippen LogP contribution in [0.5, 0.6) is 0 Å². The van der Waals surface area contributed by atoms with Crippen LogP contribution >= 0.6 is 0 Å². The van der Waals surface area contributed by atoms with Gasteiger partial charge in [0.25, 0.3) is 5.91 Å². The number of oxazole rings is 1. The SMILES string of the molecule is Cn1ccnc1-c1ccc2oc(-c3ccnc(C(=O)N4CCN([C@@H](c5ccccc5)c5nnn(C(F)F)n5)CC4)c3)nc2c1. The maximum absolute atomic E-state index is 13.5. The highest BCUT2D eigenvalue weighted by Gasteiger charge is 2.32. The monoisotopic (exact) mass is 596 g/mol. The van der Waals surface area contributed by atoms with E-state index in [1.807, 2.05) is 66.3 Å². The van der Waals surface area contributed by atoms with Crippen LogP contribution in [0.2, 0.25) is 0 Å². The van der Waals surface area contributed by atoms with Crippen molar-refractivity contribution in [3.8, 4) is 22.8 Å². The van der Waals surface area contributed by atoms with E-state index >= 15 is 0 Å². The minimum absolute atomic E-state index is 0.177. The first-order valence-corrected chi connectivity index (χ1v) is 13.9. The second kappa shape index (κ2) is 11.4. The molecule has 44 heavy (non-hydrogen) atoms. The van der Waals surface area contributed by atoms with Gasteiger partial charge in [0.2, 0.25) is 5.89 Å². The zero-order valence-corrected chi connectivity index (χ0v) is 23.5. The third-order valence-corrected chi connectivity index (χ3v) is 7.64. The van der Waals surface area contributed by atoms with E-state index in [1.54, 1.807) is 29.4 Å². The van der Waals surface area contributed by atoms with Gasteiger partial charge in [0, 0.05) is 62.9 Å². The van der Waals surface area contributed by atoms with E-state index in [0.29, 0.717) is 53.5 Å². The summed E-state index contributed by atoms with van der Waals surface area (Å²) >= 11 is 0. The summed E-state index contributed by atoms with van der Waals surface area (Å²) in [6.07, 6.45) is 5.19. The number of nitrogens with zero attached hydrogens (tertiary/aromatic N) is 10. The lowest BCUT2D eigenvalue weighted by Crippen LogP contribution is -2.50. The Hall–Kier alpha value is -5.37. The molecule has 2 aromatic carbocycles. The molecular formula is C30H26F2N10O2. The summed E-state index contributed by atoms with van der Waals surface area (Å²) in [6, 6.07) is 18.1. The Labute approximate surface area is 249 Å². The van der Waals surface area contributed by atoms with Crippen LogP contribution in [0.1, 0.15) is 34.5 Å².